The van der Waals surface area contributed by atoms with Crippen LogP contribution >= 0.6 is 34.8 Å². The molecule has 0 heterocycles. The van der Waals surface area contributed by atoms with Crippen molar-refractivity contribution in [3.8, 4) is 0 Å². The van der Waals surface area contributed by atoms with Crippen molar-refractivity contribution in [2.45, 2.75) is 32.0 Å². The maximum absolute atomic E-state index is 13.7. The van der Waals surface area contributed by atoms with Crippen molar-refractivity contribution in [2.24, 2.45) is 0 Å². The highest BCUT2D eigenvalue weighted by molar-refractivity contribution is 6.48. The van der Waals surface area contributed by atoms with Crippen LogP contribution in [0.3, 0.4) is 0 Å². The van der Waals surface area contributed by atoms with E-state index in [0.717, 1.165) is 23.3 Å². The van der Waals surface area contributed by atoms with Crippen LogP contribution in [0.15, 0.2) is 36.4 Å². The van der Waals surface area contributed by atoms with Gasteiger partial charge in [-0.1, -0.05) is 46.9 Å². The lowest BCUT2D eigenvalue weighted by molar-refractivity contribution is -0.119. The molecule has 0 spiro atoms. The summed E-state index contributed by atoms with van der Waals surface area (Å²) in [4.78, 5) is 23.9. The fourth-order valence-corrected chi connectivity index (χ4v) is 4.02. The van der Waals surface area contributed by atoms with Crippen LogP contribution in [0.5, 0.6) is 0 Å². The highest BCUT2D eigenvalue weighted by Crippen LogP contribution is 2.40. The van der Waals surface area contributed by atoms with Gasteiger partial charge in [-0.15, -0.1) is 0 Å². The SMILES string of the molecule is CC(=O)NC1CCc2cc(C(=O)/C=C(\c3cc(Cl)c(Cl)c(Cl)c3)C(F)(F)F)ccc21. The molecule has 0 aliphatic heterocycles. The summed E-state index contributed by atoms with van der Waals surface area (Å²) in [6, 6.07) is 6.54. The number of rotatable bonds is 4. The van der Waals surface area contributed by atoms with Crippen LogP contribution in [-0.2, 0) is 11.2 Å². The smallest absolute Gasteiger partial charge is 0.350 e. The molecule has 0 saturated carbocycles. The van der Waals surface area contributed by atoms with E-state index < -0.39 is 17.5 Å². The quantitative estimate of drug-likeness (QED) is 0.307. The summed E-state index contributed by atoms with van der Waals surface area (Å²) in [5.74, 6) is -0.985. The summed E-state index contributed by atoms with van der Waals surface area (Å²) in [7, 11) is 0. The van der Waals surface area contributed by atoms with Gasteiger partial charge in [0.1, 0.15) is 0 Å². The van der Waals surface area contributed by atoms with Gasteiger partial charge in [0.2, 0.25) is 5.91 Å². The fraction of sp³-hybridized carbons (Fsp3) is 0.238. The zero-order valence-corrected chi connectivity index (χ0v) is 17.8. The monoisotopic (exact) mass is 475 g/mol. The molecule has 1 N–H and O–H groups in total. The number of carbonyl (C=O) groups excluding carboxylic acids is 2. The molecule has 9 heteroatoms. The van der Waals surface area contributed by atoms with Crippen molar-refractivity contribution < 1.29 is 22.8 Å². The topological polar surface area (TPSA) is 46.2 Å². The van der Waals surface area contributed by atoms with Crippen LogP contribution in [0, 0.1) is 0 Å². The molecular formula is C21H15Cl3F3NO2. The normalized spacial score (nSPS) is 16.4. The first-order valence-electron chi connectivity index (χ1n) is 8.85. The Bertz CT molecular complexity index is 1040. The van der Waals surface area contributed by atoms with Crippen LogP contribution < -0.4 is 5.32 Å². The largest absolute Gasteiger partial charge is 0.417 e. The summed E-state index contributed by atoms with van der Waals surface area (Å²) in [5.41, 5.74) is 0.258. The molecule has 0 fully saturated rings. The first-order valence-corrected chi connectivity index (χ1v) is 9.99. The van der Waals surface area contributed by atoms with Gasteiger partial charge in [0.05, 0.1) is 26.7 Å². The van der Waals surface area contributed by atoms with Gasteiger partial charge >= 0.3 is 6.18 Å². The molecule has 2 aromatic carbocycles. The Hall–Kier alpha value is -2.02. The third kappa shape index (κ3) is 4.82. The van der Waals surface area contributed by atoms with E-state index in [1.165, 1.54) is 13.0 Å². The predicted octanol–water partition coefficient (Wildman–Crippen LogP) is 6.60. The Balaban J connectivity index is 1.98. The number of halogens is 6. The van der Waals surface area contributed by atoms with Gasteiger partial charge in [-0.2, -0.15) is 13.2 Å². The molecule has 2 aromatic rings. The number of fused-ring (bicyclic) bond motifs is 1. The number of carbonyl (C=O) groups is 2. The lowest BCUT2D eigenvalue weighted by atomic mass is 9.98. The molecule has 3 nitrogen and oxygen atoms in total. The molecule has 30 heavy (non-hydrogen) atoms. The van der Waals surface area contributed by atoms with Crippen molar-refractivity contribution in [1.82, 2.24) is 5.32 Å². The zero-order valence-electron chi connectivity index (χ0n) is 15.5. The standard InChI is InChI=1S/C21H15Cl3F3NO2/c1-10(29)28-18-5-3-11-6-12(2-4-14(11)18)19(30)9-15(21(25,26)27)13-7-16(22)20(24)17(23)8-13/h2,4,6-9,18H,3,5H2,1H3,(H,28,29)/b15-9+. The van der Waals surface area contributed by atoms with Crippen LogP contribution in [0.2, 0.25) is 15.1 Å². The number of hydrogen-bond acceptors (Lipinski definition) is 2. The van der Waals surface area contributed by atoms with Gasteiger partial charge in [0, 0.05) is 12.5 Å². The van der Waals surface area contributed by atoms with E-state index in [9.17, 15) is 22.8 Å². The molecule has 0 aromatic heterocycles. The summed E-state index contributed by atoms with van der Waals surface area (Å²) >= 11 is 17.5. The van der Waals surface area contributed by atoms with E-state index in [-0.39, 0.29) is 38.1 Å². The van der Waals surface area contributed by atoms with Crippen molar-refractivity contribution >= 4 is 52.1 Å². The van der Waals surface area contributed by atoms with Crippen molar-refractivity contribution in [3.63, 3.8) is 0 Å². The van der Waals surface area contributed by atoms with E-state index in [0.29, 0.717) is 18.9 Å². The maximum atomic E-state index is 13.7. The second-order valence-corrected chi connectivity index (χ2v) is 8.07. The molecule has 1 atom stereocenters. The molecule has 1 aliphatic rings. The predicted molar refractivity (Wildman–Crippen MR) is 111 cm³/mol. The second-order valence-electron chi connectivity index (χ2n) is 6.88. The highest BCUT2D eigenvalue weighted by Gasteiger charge is 2.36. The number of hydrogen-bond donors (Lipinski definition) is 1. The van der Waals surface area contributed by atoms with Crippen LogP contribution in [0.1, 0.15) is 46.4 Å². The van der Waals surface area contributed by atoms with Crippen LogP contribution in [0.25, 0.3) is 5.57 Å². The van der Waals surface area contributed by atoms with Gasteiger partial charge in [-0.3, -0.25) is 9.59 Å². The number of nitrogens with one attached hydrogen (secondary N) is 1. The minimum absolute atomic E-state index is 0.0673. The van der Waals surface area contributed by atoms with E-state index in [1.54, 1.807) is 12.1 Å². The average molecular weight is 477 g/mol. The minimum atomic E-state index is -4.82. The Morgan fingerprint density at radius 1 is 1.07 bits per heavy atom. The summed E-state index contributed by atoms with van der Waals surface area (Å²) in [6.07, 6.45) is -3.02. The van der Waals surface area contributed by atoms with Crippen LogP contribution in [0.4, 0.5) is 13.2 Å². The van der Waals surface area contributed by atoms with E-state index in [4.69, 9.17) is 34.8 Å². The van der Waals surface area contributed by atoms with Crippen molar-refractivity contribution in [1.29, 1.82) is 0 Å². The molecule has 1 unspecified atom stereocenters. The first-order chi connectivity index (χ1) is 14.0. The molecule has 158 valence electrons. The second kappa shape index (κ2) is 8.61. The Labute approximate surface area is 185 Å². The average Bonchev–Trinajstić information content (AvgIpc) is 3.04. The molecule has 0 bridgehead atoms. The number of ketones is 1. The number of benzene rings is 2. The van der Waals surface area contributed by atoms with Gasteiger partial charge in [0.15, 0.2) is 5.78 Å². The molecular weight excluding hydrogens is 462 g/mol. The van der Waals surface area contributed by atoms with Gasteiger partial charge in [-0.05, 0) is 53.8 Å². The molecule has 1 aliphatic carbocycles. The van der Waals surface area contributed by atoms with Crippen LogP contribution in [-0.4, -0.2) is 17.9 Å². The van der Waals surface area contributed by atoms with Gasteiger partial charge in [-0.25, -0.2) is 0 Å². The van der Waals surface area contributed by atoms with E-state index >= 15 is 0 Å². The summed E-state index contributed by atoms with van der Waals surface area (Å²) < 4.78 is 41.0. The van der Waals surface area contributed by atoms with Gasteiger partial charge in [0.25, 0.3) is 0 Å². The third-order valence-corrected chi connectivity index (χ3v) is 5.96. The Morgan fingerprint density at radius 3 is 2.27 bits per heavy atom. The lowest BCUT2D eigenvalue weighted by Crippen LogP contribution is -2.24. The molecule has 0 saturated heterocycles. The number of alkyl halides is 3. The zero-order chi connectivity index (χ0) is 22.2. The number of allylic oxidation sites excluding steroid dienone is 2. The number of aryl methyl sites for hydroxylation is 1. The molecule has 1 amide bonds. The van der Waals surface area contributed by atoms with Crippen molar-refractivity contribution in [2.75, 3.05) is 0 Å². The fourth-order valence-electron chi connectivity index (χ4n) is 3.42. The minimum Gasteiger partial charge on any atom is -0.350 e. The van der Waals surface area contributed by atoms with E-state index in [2.05, 4.69) is 5.32 Å². The van der Waals surface area contributed by atoms with Gasteiger partial charge < -0.3 is 5.32 Å². The molecule has 0 radical (unpaired) electrons. The summed E-state index contributed by atoms with van der Waals surface area (Å²) in [5, 5.41) is 2.45. The number of amides is 1. The third-order valence-electron chi connectivity index (χ3n) is 4.76. The maximum Gasteiger partial charge on any atom is 0.417 e. The lowest BCUT2D eigenvalue weighted by Gasteiger charge is -2.14. The summed E-state index contributed by atoms with van der Waals surface area (Å²) in [6.45, 7) is 1.41. The van der Waals surface area contributed by atoms with E-state index in [1.807, 2.05) is 0 Å². The molecule has 3 rings (SSSR count). The Morgan fingerprint density at radius 2 is 1.70 bits per heavy atom. The highest BCUT2D eigenvalue weighted by atomic mass is 35.5. The first kappa shape index (κ1) is 22.7. The Kier molecular flexibility index (Phi) is 6.51. The van der Waals surface area contributed by atoms with Crippen molar-refractivity contribution in [3.05, 3.63) is 73.7 Å².